The van der Waals surface area contributed by atoms with Crippen molar-refractivity contribution in [1.29, 1.82) is 0 Å². The van der Waals surface area contributed by atoms with Gasteiger partial charge < -0.3 is 15.0 Å². The minimum Gasteiger partial charge on any atom is -0.495 e. The van der Waals surface area contributed by atoms with E-state index < -0.39 is 28.5 Å². The van der Waals surface area contributed by atoms with Crippen LogP contribution in [0, 0.1) is 0 Å². The zero-order chi connectivity index (χ0) is 30.2. The maximum absolute atomic E-state index is 14.0. The fourth-order valence-electron chi connectivity index (χ4n) is 4.01. The molecule has 0 aliphatic rings. The van der Waals surface area contributed by atoms with Crippen molar-refractivity contribution in [1.82, 2.24) is 10.2 Å². The number of nitrogens with one attached hydrogen (secondary N) is 1. The Bertz CT molecular complexity index is 1470. The Morgan fingerprint density at radius 1 is 0.976 bits per heavy atom. The van der Waals surface area contributed by atoms with Gasteiger partial charge in [-0.15, -0.1) is 0 Å². The third-order valence-electron chi connectivity index (χ3n) is 6.39. The average Bonchev–Trinajstić information content (AvgIpc) is 2.95. The summed E-state index contributed by atoms with van der Waals surface area (Å²) in [5.74, 6) is -0.655. The number of nitrogens with zero attached hydrogens (tertiary/aromatic N) is 2. The molecule has 41 heavy (non-hydrogen) atoms. The minimum atomic E-state index is -4.23. The van der Waals surface area contributed by atoms with Gasteiger partial charge in [0.05, 0.1) is 22.7 Å². The molecule has 0 aliphatic heterocycles. The molecular formula is C29H32Cl3N3O5S. The fraction of sp³-hybridized carbons (Fsp3) is 0.310. The van der Waals surface area contributed by atoms with E-state index in [-0.39, 0.29) is 28.1 Å². The van der Waals surface area contributed by atoms with Crippen LogP contribution in [0.15, 0.2) is 71.6 Å². The zero-order valence-electron chi connectivity index (χ0n) is 22.9. The Labute approximate surface area is 256 Å². The van der Waals surface area contributed by atoms with Gasteiger partial charge in [-0.1, -0.05) is 72.4 Å². The lowest BCUT2D eigenvalue weighted by atomic mass is 10.1. The summed E-state index contributed by atoms with van der Waals surface area (Å²) in [4.78, 5) is 28.3. The SMILES string of the molecule is CCCCNC(=O)C(C)N(Cc1ccc(Cl)cc1Cl)C(=O)CN(c1ccc(OC)c(Cl)c1)S(=O)(=O)c1ccccc1. The lowest BCUT2D eigenvalue weighted by molar-refractivity contribution is -0.139. The maximum Gasteiger partial charge on any atom is 0.264 e. The lowest BCUT2D eigenvalue weighted by Gasteiger charge is -2.32. The normalized spacial score (nSPS) is 12.0. The summed E-state index contributed by atoms with van der Waals surface area (Å²) in [7, 11) is -2.79. The van der Waals surface area contributed by atoms with Gasteiger partial charge >= 0.3 is 0 Å². The van der Waals surface area contributed by atoms with Crippen molar-refractivity contribution in [2.45, 2.75) is 44.2 Å². The first kappa shape index (κ1) is 32.5. The molecule has 220 valence electrons. The second-order valence-electron chi connectivity index (χ2n) is 9.22. The number of unbranched alkanes of at least 4 members (excludes halogenated alkanes) is 1. The molecule has 0 fully saturated rings. The van der Waals surface area contributed by atoms with E-state index in [1.165, 1.54) is 42.3 Å². The quantitative estimate of drug-likeness (QED) is 0.225. The van der Waals surface area contributed by atoms with Crippen LogP contribution < -0.4 is 14.4 Å². The van der Waals surface area contributed by atoms with Crippen molar-refractivity contribution in [3.8, 4) is 5.75 Å². The topological polar surface area (TPSA) is 96.0 Å². The van der Waals surface area contributed by atoms with Gasteiger partial charge in [-0.05, 0) is 61.4 Å². The van der Waals surface area contributed by atoms with E-state index in [1.54, 1.807) is 43.3 Å². The summed E-state index contributed by atoms with van der Waals surface area (Å²) in [6.45, 7) is 3.37. The Morgan fingerprint density at radius 2 is 1.68 bits per heavy atom. The number of hydrogen-bond acceptors (Lipinski definition) is 5. The molecule has 0 spiro atoms. The predicted octanol–water partition coefficient (Wildman–Crippen LogP) is 6.18. The number of carbonyl (C=O) groups is 2. The van der Waals surface area contributed by atoms with Gasteiger partial charge in [-0.2, -0.15) is 0 Å². The third-order valence-corrected chi connectivity index (χ3v) is 9.06. The van der Waals surface area contributed by atoms with Crippen LogP contribution >= 0.6 is 34.8 Å². The highest BCUT2D eigenvalue weighted by Gasteiger charge is 2.33. The first-order valence-corrected chi connectivity index (χ1v) is 15.5. The summed E-state index contributed by atoms with van der Waals surface area (Å²) < 4.78 is 33.9. The molecule has 0 heterocycles. The standard InChI is InChI=1S/C29H32Cl3N3O5S/c1-4-5-15-33-29(37)20(2)34(18-21-11-12-22(30)16-25(21)31)28(36)19-35(23-13-14-27(40-3)26(32)17-23)41(38,39)24-9-7-6-8-10-24/h6-14,16-17,20H,4-5,15,18-19H2,1-3H3,(H,33,37). The Kier molecular flexibility index (Phi) is 11.7. The molecule has 0 aliphatic carbocycles. The maximum atomic E-state index is 14.0. The Balaban J connectivity index is 2.05. The Morgan fingerprint density at radius 3 is 2.29 bits per heavy atom. The monoisotopic (exact) mass is 639 g/mol. The number of ether oxygens (including phenoxy) is 1. The molecule has 1 unspecified atom stereocenters. The van der Waals surface area contributed by atoms with Gasteiger partial charge in [0.1, 0.15) is 18.3 Å². The molecule has 0 bridgehead atoms. The van der Waals surface area contributed by atoms with E-state index in [4.69, 9.17) is 39.5 Å². The summed E-state index contributed by atoms with van der Waals surface area (Å²) in [5, 5.41) is 3.73. The van der Waals surface area contributed by atoms with Crippen LogP contribution in [0.2, 0.25) is 15.1 Å². The van der Waals surface area contributed by atoms with Crippen molar-refractivity contribution in [2.75, 3.05) is 24.5 Å². The molecule has 1 N–H and O–H groups in total. The van der Waals surface area contributed by atoms with Crippen LogP contribution in [0.4, 0.5) is 5.69 Å². The minimum absolute atomic E-state index is 0.0163. The van der Waals surface area contributed by atoms with Gasteiger partial charge in [0.2, 0.25) is 11.8 Å². The number of carbonyl (C=O) groups excluding carboxylic acids is 2. The number of sulfonamides is 1. The van der Waals surface area contributed by atoms with E-state index >= 15 is 0 Å². The van der Waals surface area contributed by atoms with Crippen LogP contribution in [0.1, 0.15) is 32.3 Å². The van der Waals surface area contributed by atoms with Crippen molar-refractivity contribution < 1.29 is 22.7 Å². The number of rotatable bonds is 13. The number of hydrogen-bond donors (Lipinski definition) is 1. The first-order valence-electron chi connectivity index (χ1n) is 12.9. The van der Waals surface area contributed by atoms with Gasteiger partial charge in [-0.25, -0.2) is 8.42 Å². The predicted molar refractivity (Wildman–Crippen MR) is 163 cm³/mol. The highest BCUT2D eigenvalue weighted by Crippen LogP contribution is 2.32. The van der Waals surface area contributed by atoms with E-state index in [0.717, 1.165) is 17.1 Å². The summed E-state index contributed by atoms with van der Waals surface area (Å²) in [5.41, 5.74) is 0.695. The van der Waals surface area contributed by atoms with E-state index in [0.29, 0.717) is 27.9 Å². The van der Waals surface area contributed by atoms with Gasteiger partial charge in [0.25, 0.3) is 10.0 Å². The van der Waals surface area contributed by atoms with Crippen LogP contribution in [-0.2, 0) is 26.2 Å². The number of amides is 2. The summed E-state index contributed by atoms with van der Waals surface area (Å²) >= 11 is 18.8. The second-order valence-corrected chi connectivity index (χ2v) is 12.3. The van der Waals surface area contributed by atoms with Crippen molar-refractivity contribution in [3.05, 3.63) is 87.4 Å². The molecule has 0 saturated carbocycles. The van der Waals surface area contributed by atoms with Crippen LogP contribution in [0.5, 0.6) is 5.75 Å². The van der Waals surface area contributed by atoms with E-state index in [1.807, 2.05) is 6.92 Å². The van der Waals surface area contributed by atoms with Crippen LogP contribution in [0.3, 0.4) is 0 Å². The third kappa shape index (κ3) is 8.29. The zero-order valence-corrected chi connectivity index (χ0v) is 26.0. The average molecular weight is 641 g/mol. The molecule has 0 saturated heterocycles. The highest BCUT2D eigenvalue weighted by molar-refractivity contribution is 7.92. The van der Waals surface area contributed by atoms with E-state index in [9.17, 15) is 18.0 Å². The second kappa shape index (κ2) is 14.8. The molecule has 0 radical (unpaired) electrons. The van der Waals surface area contributed by atoms with E-state index in [2.05, 4.69) is 5.32 Å². The van der Waals surface area contributed by atoms with Gasteiger partial charge in [-0.3, -0.25) is 13.9 Å². The molecular weight excluding hydrogens is 609 g/mol. The smallest absolute Gasteiger partial charge is 0.264 e. The molecule has 8 nitrogen and oxygen atoms in total. The van der Waals surface area contributed by atoms with Gasteiger partial charge in [0, 0.05) is 23.1 Å². The molecule has 12 heteroatoms. The van der Waals surface area contributed by atoms with Crippen molar-refractivity contribution in [2.24, 2.45) is 0 Å². The number of anilines is 1. The van der Waals surface area contributed by atoms with Crippen molar-refractivity contribution in [3.63, 3.8) is 0 Å². The molecule has 3 aromatic carbocycles. The van der Waals surface area contributed by atoms with Crippen molar-refractivity contribution >= 4 is 62.3 Å². The number of benzene rings is 3. The molecule has 3 rings (SSSR count). The Hall–Kier alpha value is -2.98. The molecule has 2 amide bonds. The largest absolute Gasteiger partial charge is 0.495 e. The van der Waals surface area contributed by atoms with Gasteiger partial charge in [0.15, 0.2) is 0 Å². The van der Waals surface area contributed by atoms with Crippen LogP contribution in [-0.4, -0.2) is 51.4 Å². The van der Waals surface area contributed by atoms with Crippen LogP contribution in [0.25, 0.3) is 0 Å². The lowest BCUT2D eigenvalue weighted by Crippen LogP contribution is -2.51. The number of methoxy groups -OCH3 is 1. The number of halogens is 3. The summed E-state index contributed by atoms with van der Waals surface area (Å²) in [6, 6.07) is 16.1. The molecule has 1 atom stereocenters. The highest BCUT2D eigenvalue weighted by atomic mass is 35.5. The fourth-order valence-corrected chi connectivity index (χ4v) is 6.16. The first-order chi connectivity index (χ1) is 19.5. The molecule has 0 aromatic heterocycles. The summed E-state index contributed by atoms with van der Waals surface area (Å²) in [6.07, 6.45) is 1.66. The molecule has 3 aromatic rings.